The molecule has 0 aliphatic heterocycles. The van der Waals surface area contributed by atoms with Crippen LogP contribution in [0.5, 0.6) is 0 Å². The molecule has 1 aromatic carbocycles. The third-order valence-electron chi connectivity index (χ3n) is 2.74. The molecule has 0 bridgehead atoms. The molecule has 1 N–H and O–H groups in total. The summed E-state index contributed by atoms with van der Waals surface area (Å²) in [6.45, 7) is 6.23. The van der Waals surface area contributed by atoms with E-state index in [1.54, 1.807) is 20.8 Å². The molecule has 1 rings (SSSR count). The number of benzene rings is 1. The van der Waals surface area contributed by atoms with E-state index in [1.165, 1.54) is 7.05 Å². The molecule has 0 radical (unpaired) electrons. The van der Waals surface area contributed by atoms with Gasteiger partial charge >= 0.3 is 12.2 Å². The predicted molar refractivity (Wildman–Crippen MR) is 89.2 cm³/mol. The maximum Gasteiger partial charge on any atom is 0.434 e. The summed E-state index contributed by atoms with van der Waals surface area (Å²) in [6.07, 6.45) is -0.509. The van der Waals surface area contributed by atoms with E-state index in [0.29, 0.717) is 13.0 Å². The van der Waals surface area contributed by atoms with Gasteiger partial charge in [0.05, 0.1) is 6.61 Å². The van der Waals surface area contributed by atoms with Gasteiger partial charge in [0.2, 0.25) is 0 Å². The number of hydroxylamine groups is 2. The molecule has 0 spiro atoms. The lowest BCUT2D eigenvalue weighted by Gasteiger charge is -2.24. The van der Waals surface area contributed by atoms with Gasteiger partial charge in [0.1, 0.15) is 12.2 Å². The minimum absolute atomic E-state index is 0.227. The van der Waals surface area contributed by atoms with Gasteiger partial charge in [-0.05, 0) is 32.8 Å². The highest BCUT2D eigenvalue weighted by Gasteiger charge is 2.19. The van der Waals surface area contributed by atoms with E-state index in [-0.39, 0.29) is 13.2 Å². The van der Waals surface area contributed by atoms with E-state index in [2.05, 4.69) is 5.32 Å². The Hall–Kier alpha value is -2.28. The van der Waals surface area contributed by atoms with Gasteiger partial charge < -0.3 is 14.8 Å². The molecule has 0 heterocycles. The van der Waals surface area contributed by atoms with Crippen molar-refractivity contribution in [1.29, 1.82) is 0 Å². The molecule has 0 saturated heterocycles. The van der Waals surface area contributed by atoms with Gasteiger partial charge in [-0.15, -0.1) is 0 Å². The van der Waals surface area contributed by atoms with Crippen molar-refractivity contribution in [2.24, 2.45) is 0 Å². The molecular formula is C17H26N2O5. The number of nitrogens with one attached hydrogen (secondary N) is 1. The number of amides is 2. The summed E-state index contributed by atoms with van der Waals surface area (Å²) < 4.78 is 10.2. The number of rotatable bonds is 7. The maximum absolute atomic E-state index is 11.6. The minimum Gasteiger partial charge on any atom is -0.445 e. The molecule has 0 aromatic heterocycles. The first-order valence-electron chi connectivity index (χ1n) is 7.82. The third-order valence-corrected chi connectivity index (χ3v) is 2.74. The Balaban J connectivity index is 2.09. The fourth-order valence-electron chi connectivity index (χ4n) is 1.62. The van der Waals surface area contributed by atoms with E-state index in [0.717, 1.165) is 10.6 Å². The maximum atomic E-state index is 11.6. The van der Waals surface area contributed by atoms with Gasteiger partial charge in [-0.3, -0.25) is 4.84 Å². The molecular weight excluding hydrogens is 312 g/mol. The third kappa shape index (κ3) is 8.99. The topological polar surface area (TPSA) is 77.1 Å². The van der Waals surface area contributed by atoms with Crippen molar-refractivity contribution in [3.05, 3.63) is 35.9 Å². The first kappa shape index (κ1) is 19.8. The molecule has 134 valence electrons. The normalized spacial score (nSPS) is 10.8. The SMILES string of the molecule is CN(OCCCNC(=O)OCc1ccccc1)C(=O)OC(C)(C)C. The number of nitrogens with zero attached hydrogens (tertiary/aromatic N) is 1. The summed E-state index contributed by atoms with van der Waals surface area (Å²) in [7, 11) is 1.48. The number of carbonyl (C=O) groups excluding carboxylic acids is 2. The number of alkyl carbamates (subject to hydrolysis) is 1. The molecule has 24 heavy (non-hydrogen) atoms. The van der Waals surface area contributed by atoms with Gasteiger partial charge in [0.25, 0.3) is 0 Å². The van der Waals surface area contributed by atoms with E-state index in [4.69, 9.17) is 14.3 Å². The van der Waals surface area contributed by atoms with Crippen LogP contribution in [0.1, 0.15) is 32.8 Å². The van der Waals surface area contributed by atoms with Gasteiger partial charge in [-0.25, -0.2) is 9.59 Å². The van der Waals surface area contributed by atoms with E-state index < -0.39 is 17.8 Å². The zero-order valence-electron chi connectivity index (χ0n) is 14.7. The Morgan fingerprint density at radius 1 is 1.17 bits per heavy atom. The van der Waals surface area contributed by atoms with Crippen LogP contribution in [0.15, 0.2) is 30.3 Å². The lowest BCUT2D eigenvalue weighted by molar-refractivity contribution is -0.131. The molecule has 7 heteroatoms. The highest BCUT2D eigenvalue weighted by molar-refractivity contribution is 5.67. The second-order valence-corrected chi connectivity index (χ2v) is 6.15. The van der Waals surface area contributed by atoms with Crippen LogP contribution in [0, 0.1) is 0 Å². The minimum atomic E-state index is -0.571. The van der Waals surface area contributed by atoms with Crippen molar-refractivity contribution in [3.8, 4) is 0 Å². The average molecular weight is 338 g/mol. The van der Waals surface area contributed by atoms with Gasteiger partial charge in [0, 0.05) is 13.6 Å². The molecule has 0 saturated carbocycles. The second-order valence-electron chi connectivity index (χ2n) is 6.15. The molecule has 0 aliphatic rings. The van der Waals surface area contributed by atoms with Crippen molar-refractivity contribution in [1.82, 2.24) is 10.4 Å². The van der Waals surface area contributed by atoms with Crippen molar-refractivity contribution < 1.29 is 23.9 Å². The lowest BCUT2D eigenvalue weighted by atomic mass is 10.2. The number of ether oxygens (including phenoxy) is 2. The van der Waals surface area contributed by atoms with Crippen molar-refractivity contribution in [2.45, 2.75) is 39.4 Å². The molecule has 0 aliphatic carbocycles. The monoisotopic (exact) mass is 338 g/mol. The Kier molecular flexibility index (Phi) is 8.05. The Morgan fingerprint density at radius 3 is 2.46 bits per heavy atom. The summed E-state index contributed by atoms with van der Waals surface area (Å²) in [5, 5.41) is 3.66. The molecule has 2 amide bonds. The van der Waals surface area contributed by atoms with E-state index in [1.807, 2.05) is 30.3 Å². The Bertz CT molecular complexity index is 513. The largest absolute Gasteiger partial charge is 0.445 e. The first-order valence-corrected chi connectivity index (χ1v) is 7.82. The van der Waals surface area contributed by atoms with Gasteiger partial charge in [-0.1, -0.05) is 30.3 Å². The van der Waals surface area contributed by atoms with Crippen LogP contribution in [0.3, 0.4) is 0 Å². The van der Waals surface area contributed by atoms with Crippen LogP contribution < -0.4 is 5.32 Å². The zero-order chi connectivity index (χ0) is 18.0. The van der Waals surface area contributed by atoms with Crippen molar-refractivity contribution in [3.63, 3.8) is 0 Å². The number of hydrogen-bond donors (Lipinski definition) is 1. The summed E-state index contributed by atoms with van der Waals surface area (Å²) in [5.41, 5.74) is 0.355. The molecule has 0 atom stereocenters. The number of carbonyl (C=O) groups is 2. The van der Waals surface area contributed by atoms with E-state index in [9.17, 15) is 9.59 Å². The Morgan fingerprint density at radius 2 is 1.83 bits per heavy atom. The first-order chi connectivity index (χ1) is 11.3. The summed E-state index contributed by atoms with van der Waals surface area (Å²) in [6, 6.07) is 9.43. The highest BCUT2D eigenvalue weighted by atomic mass is 16.7. The van der Waals surface area contributed by atoms with Crippen LogP contribution >= 0.6 is 0 Å². The zero-order valence-corrected chi connectivity index (χ0v) is 14.7. The van der Waals surface area contributed by atoms with Crippen LogP contribution in [-0.4, -0.2) is 43.1 Å². The standard InChI is InChI=1S/C17H26N2O5/c1-17(2,3)24-16(21)19(4)23-12-8-11-18-15(20)22-13-14-9-6-5-7-10-14/h5-7,9-10H,8,11-13H2,1-4H3,(H,18,20). The quantitative estimate of drug-likeness (QED) is 0.610. The second kappa shape index (κ2) is 9.77. The smallest absolute Gasteiger partial charge is 0.434 e. The molecule has 7 nitrogen and oxygen atoms in total. The fourth-order valence-corrected chi connectivity index (χ4v) is 1.62. The summed E-state index contributed by atoms with van der Waals surface area (Å²) in [5.74, 6) is 0. The summed E-state index contributed by atoms with van der Waals surface area (Å²) >= 11 is 0. The van der Waals surface area contributed by atoms with Crippen molar-refractivity contribution in [2.75, 3.05) is 20.2 Å². The predicted octanol–water partition coefficient (Wildman–Crippen LogP) is 3.10. The fraction of sp³-hybridized carbons (Fsp3) is 0.529. The lowest BCUT2D eigenvalue weighted by Crippen LogP contribution is -2.35. The molecule has 1 aromatic rings. The highest BCUT2D eigenvalue weighted by Crippen LogP contribution is 2.09. The number of hydrogen-bond acceptors (Lipinski definition) is 5. The molecule has 0 fully saturated rings. The Labute approximate surface area is 142 Å². The van der Waals surface area contributed by atoms with E-state index >= 15 is 0 Å². The van der Waals surface area contributed by atoms with Crippen LogP contribution in [0.4, 0.5) is 9.59 Å². The van der Waals surface area contributed by atoms with Crippen LogP contribution in [-0.2, 0) is 20.9 Å². The van der Waals surface area contributed by atoms with Gasteiger partial charge in [-0.2, -0.15) is 5.06 Å². The van der Waals surface area contributed by atoms with Gasteiger partial charge in [0.15, 0.2) is 0 Å². The van der Waals surface area contributed by atoms with Crippen molar-refractivity contribution >= 4 is 12.2 Å². The summed E-state index contributed by atoms with van der Waals surface area (Å²) in [4.78, 5) is 28.4. The van der Waals surface area contributed by atoms with Crippen LogP contribution in [0.25, 0.3) is 0 Å². The molecule has 0 unspecified atom stereocenters. The van der Waals surface area contributed by atoms with Crippen LogP contribution in [0.2, 0.25) is 0 Å². The average Bonchev–Trinajstić information content (AvgIpc) is 2.51.